The normalized spacial score (nSPS) is 11.5. The van der Waals surface area contributed by atoms with Crippen LogP contribution >= 0.6 is 0 Å². The zero-order valence-electron chi connectivity index (χ0n) is 20.0. The molecule has 0 bridgehead atoms. The Morgan fingerprint density at radius 2 is 1.69 bits per heavy atom. The van der Waals surface area contributed by atoms with Crippen molar-refractivity contribution in [1.29, 1.82) is 0 Å². The monoisotopic (exact) mass is 460 g/mol. The maximum atomic E-state index is 10.5. The van der Waals surface area contributed by atoms with Gasteiger partial charge in [-0.05, 0) is 80.3 Å². The first-order chi connectivity index (χ1) is 16.9. The molecule has 4 aromatic heterocycles. The molecule has 0 fully saturated rings. The van der Waals surface area contributed by atoms with E-state index in [1.165, 1.54) is 0 Å². The molecule has 4 heterocycles. The molecule has 6 heteroatoms. The van der Waals surface area contributed by atoms with Gasteiger partial charge in [0.2, 0.25) is 5.88 Å². The minimum absolute atomic E-state index is 0.142. The fraction of sp³-hybridized carbons (Fsp3) is 0.138. The minimum Gasteiger partial charge on any atom is -0.506 e. The van der Waals surface area contributed by atoms with Gasteiger partial charge in [-0.3, -0.25) is 9.55 Å². The molecule has 35 heavy (non-hydrogen) atoms. The number of nitrogens with zero attached hydrogens (tertiary/aromatic N) is 4. The van der Waals surface area contributed by atoms with Crippen LogP contribution in [0.2, 0.25) is 0 Å². The average Bonchev–Trinajstić information content (AvgIpc) is 3.17. The summed E-state index contributed by atoms with van der Waals surface area (Å²) in [6.07, 6.45) is 3.54. The lowest BCUT2D eigenvalue weighted by Gasteiger charge is -2.11. The van der Waals surface area contributed by atoms with Crippen molar-refractivity contribution in [2.45, 2.75) is 27.7 Å². The van der Waals surface area contributed by atoms with E-state index in [9.17, 15) is 5.11 Å². The summed E-state index contributed by atoms with van der Waals surface area (Å²) >= 11 is 0. The van der Waals surface area contributed by atoms with E-state index in [1.807, 2.05) is 44.3 Å². The van der Waals surface area contributed by atoms with Crippen LogP contribution in [0.1, 0.15) is 22.3 Å². The van der Waals surface area contributed by atoms with E-state index in [-0.39, 0.29) is 5.75 Å². The van der Waals surface area contributed by atoms with Crippen LogP contribution in [0.5, 0.6) is 17.4 Å². The van der Waals surface area contributed by atoms with Crippen LogP contribution in [0.3, 0.4) is 0 Å². The van der Waals surface area contributed by atoms with Crippen LogP contribution in [0.15, 0.2) is 67.0 Å². The van der Waals surface area contributed by atoms with Crippen LogP contribution in [0, 0.1) is 27.7 Å². The molecule has 0 aliphatic carbocycles. The molecule has 172 valence electrons. The number of aromatic hydroxyl groups is 1. The lowest BCUT2D eigenvalue weighted by atomic mass is 10.0. The third-order valence-corrected chi connectivity index (χ3v) is 6.63. The standard InChI is InChI=1S/C29H24N4O2/c1-16-10-11-30-25(12-16)33-22-7-5-6-17(2)27(22)29-23(33)14-20(15-31-29)35-26-9-8-21-19(4)18(3)13-24(34)28(21)32-26/h5-15,34H,1-4H3. The summed E-state index contributed by atoms with van der Waals surface area (Å²) in [6.45, 7) is 8.15. The summed E-state index contributed by atoms with van der Waals surface area (Å²) in [6, 6.07) is 17.7. The van der Waals surface area contributed by atoms with Crippen molar-refractivity contribution < 1.29 is 9.84 Å². The second-order valence-electron chi connectivity index (χ2n) is 9.02. The van der Waals surface area contributed by atoms with Gasteiger partial charge in [0.15, 0.2) is 0 Å². The first kappa shape index (κ1) is 21.1. The molecule has 0 saturated heterocycles. The van der Waals surface area contributed by atoms with Crippen LogP contribution in [-0.4, -0.2) is 24.6 Å². The molecule has 0 aliphatic heterocycles. The molecule has 6 rings (SSSR count). The quantitative estimate of drug-likeness (QED) is 0.312. The van der Waals surface area contributed by atoms with Gasteiger partial charge in [0.05, 0.1) is 22.7 Å². The van der Waals surface area contributed by atoms with E-state index in [2.05, 4.69) is 52.6 Å². The van der Waals surface area contributed by atoms with Crippen LogP contribution < -0.4 is 4.74 Å². The predicted molar refractivity (Wildman–Crippen MR) is 139 cm³/mol. The molecule has 1 N–H and O–H groups in total. The average molecular weight is 461 g/mol. The molecular formula is C29H24N4O2. The van der Waals surface area contributed by atoms with Crippen LogP contribution in [0.4, 0.5) is 0 Å². The molecule has 0 amide bonds. The summed E-state index contributed by atoms with van der Waals surface area (Å²) in [7, 11) is 0. The summed E-state index contributed by atoms with van der Waals surface area (Å²) in [5, 5.41) is 12.5. The van der Waals surface area contributed by atoms with Gasteiger partial charge in [-0.2, -0.15) is 0 Å². The number of fused-ring (bicyclic) bond motifs is 4. The van der Waals surface area contributed by atoms with E-state index in [4.69, 9.17) is 9.72 Å². The Kier molecular flexibility index (Phi) is 4.71. The topological polar surface area (TPSA) is 73.1 Å². The minimum atomic E-state index is 0.142. The van der Waals surface area contributed by atoms with Gasteiger partial charge in [-0.25, -0.2) is 9.97 Å². The Morgan fingerprint density at radius 1 is 0.829 bits per heavy atom. The number of aryl methyl sites for hydroxylation is 4. The largest absolute Gasteiger partial charge is 0.506 e. The number of rotatable bonds is 3. The van der Waals surface area contributed by atoms with Gasteiger partial charge in [-0.15, -0.1) is 0 Å². The summed E-state index contributed by atoms with van der Waals surface area (Å²) < 4.78 is 8.26. The lowest BCUT2D eigenvalue weighted by Crippen LogP contribution is -1.98. The summed E-state index contributed by atoms with van der Waals surface area (Å²) in [5.41, 5.74) is 7.75. The highest BCUT2D eigenvalue weighted by atomic mass is 16.5. The van der Waals surface area contributed by atoms with Crippen molar-refractivity contribution in [3.05, 3.63) is 89.2 Å². The van der Waals surface area contributed by atoms with Crippen LogP contribution in [0.25, 0.3) is 38.7 Å². The van der Waals surface area contributed by atoms with Crippen molar-refractivity contribution in [3.63, 3.8) is 0 Å². The third-order valence-electron chi connectivity index (χ3n) is 6.63. The molecule has 0 saturated carbocycles. The zero-order valence-corrected chi connectivity index (χ0v) is 20.0. The van der Waals surface area contributed by atoms with Gasteiger partial charge in [0.25, 0.3) is 0 Å². The smallest absolute Gasteiger partial charge is 0.220 e. The van der Waals surface area contributed by atoms with Crippen molar-refractivity contribution in [2.24, 2.45) is 0 Å². The Bertz CT molecular complexity index is 1790. The van der Waals surface area contributed by atoms with Crippen molar-refractivity contribution in [3.8, 4) is 23.2 Å². The second kappa shape index (κ2) is 7.81. The van der Waals surface area contributed by atoms with Gasteiger partial charge >= 0.3 is 0 Å². The van der Waals surface area contributed by atoms with E-state index < -0.39 is 0 Å². The number of aromatic nitrogens is 4. The molecule has 0 unspecified atom stereocenters. The second-order valence-corrected chi connectivity index (χ2v) is 9.02. The first-order valence-electron chi connectivity index (χ1n) is 11.5. The van der Waals surface area contributed by atoms with Crippen LogP contribution in [-0.2, 0) is 0 Å². The number of benzene rings is 2. The molecule has 0 atom stereocenters. The third kappa shape index (κ3) is 3.37. The number of pyridine rings is 3. The Hall–Kier alpha value is -4.45. The molecular weight excluding hydrogens is 436 g/mol. The predicted octanol–water partition coefficient (Wildman–Crippen LogP) is 6.85. The van der Waals surface area contributed by atoms with E-state index in [0.717, 1.165) is 55.4 Å². The fourth-order valence-corrected chi connectivity index (χ4v) is 4.73. The Morgan fingerprint density at radius 3 is 2.51 bits per heavy atom. The molecule has 0 radical (unpaired) electrons. The fourth-order valence-electron chi connectivity index (χ4n) is 4.73. The number of hydrogen-bond acceptors (Lipinski definition) is 5. The van der Waals surface area contributed by atoms with Gasteiger partial charge in [0.1, 0.15) is 22.8 Å². The number of hydrogen-bond donors (Lipinski definition) is 1. The molecule has 6 aromatic rings. The number of phenolic OH excluding ortho intramolecular Hbond substituents is 1. The summed E-state index contributed by atoms with van der Waals surface area (Å²) in [5.74, 6) is 1.92. The number of phenols is 1. The molecule has 0 spiro atoms. The first-order valence-corrected chi connectivity index (χ1v) is 11.5. The zero-order chi connectivity index (χ0) is 24.3. The SMILES string of the molecule is Cc1ccnc(-n2c3cc(Oc4ccc5c(C)c(C)cc(O)c5n4)cnc3c3c(C)cccc32)c1. The van der Waals surface area contributed by atoms with Gasteiger partial charge in [-0.1, -0.05) is 12.1 Å². The lowest BCUT2D eigenvalue weighted by molar-refractivity contribution is 0.458. The van der Waals surface area contributed by atoms with E-state index >= 15 is 0 Å². The van der Waals surface area contributed by atoms with Gasteiger partial charge in [0, 0.05) is 29.1 Å². The van der Waals surface area contributed by atoms with E-state index in [0.29, 0.717) is 17.1 Å². The molecule has 2 aromatic carbocycles. The maximum absolute atomic E-state index is 10.5. The molecule has 6 nitrogen and oxygen atoms in total. The Labute approximate surface area is 202 Å². The highest BCUT2D eigenvalue weighted by Crippen LogP contribution is 2.36. The number of ether oxygens (including phenoxy) is 1. The maximum Gasteiger partial charge on any atom is 0.220 e. The van der Waals surface area contributed by atoms with Crippen molar-refractivity contribution in [1.82, 2.24) is 19.5 Å². The van der Waals surface area contributed by atoms with Crippen molar-refractivity contribution >= 4 is 32.8 Å². The van der Waals surface area contributed by atoms with E-state index in [1.54, 1.807) is 12.3 Å². The Balaban J connectivity index is 1.53. The highest BCUT2D eigenvalue weighted by Gasteiger charge is 2.17. The van der Waals surface area contributed by atoms with Crippen molar-refractivity contribution in [2.75, 3.05) is 0 Å². The van der Waals surface area contributed by atoms with Gasteiger partial charge < -0.3 is 9.84 Å². The molecule has 0 aliphatic rings. The highest BCUT2D eigenvalue weighted by molar-refractivity contribution is 6.08. The summed E-state index contributed by atoms with van der Waals surface area (Å²) in [4.78, 5) is 14.0.